The van der Waals surface area contributed by atoms with E-state index in [0.29, 0.717) is 23.3 Å². The van der Waals surface area contributed by atoms with Crippen LogP contribution in [0.1, 0.15) is 32.6 Å². The molecule has 2 aromatic rings. The van der Waals surface area contributed by atoms with E-state index in [4.69, 9.17) is 5.84 Å². The van der Waals surface area contributed by atoms with Crippen LogP contribution in [-0.2, 0) is 0 Å². The molecule has 0 bridgehead atoms. The van der Waals surface area contributed by atoms with Crippen molar-refractivity contribution in [3.63, 3.8) is 0 Å². The van der Waals surface area contributed by atoms with E-state index >= 15 is 0 Å². The SMILES string of the molecule is CCC1(CNc2nc(NN)nc(-n3cccn3)n2)CCC1. The highest BCUT2D eigenvalue weighted by Crippen LogP contribution is 2.43. The van der Waals surface area contributed by atoms with Gasteiger partial charge in [-0.15, -0.1) is 0 Å². The number of hydrazine groups is 1. The zero-order chi connectivity index (χ0) is 14.7. The number of nitrogens with zero attached hydrogens (tertiary/aromatic N) is 5. The van der Waals surface area contributed by atoms with Crippen LogP contribution in [0.3, 0.4) is 0 Å². The number of nitrogens with one attached hydrogen (secondary N) is 2. The molecule has 0 radical (unpaired) electrons. The third-order valence-electron chi connectivity index (χ3n) is 4.25. The molecule has 2 heterocycles. The van der Waals surface area contributed by atoms with Crippen LogP contribution in [0.4, 0.5) is 11.9 Å². The molecular weight excluding hydrogens is 268 g/mol. The van der Waals surface area contributed by atoms with E-state index in [1.807, 2.05) is 6.07 Å². The molecule has 1 aliphatic rings. The van der Waals surface area contributed by atoms with E-state index in [-0.39, 0.29) is 0 Å². The molecule has 1 fully saturated rings. The van der Waals surface area contributed by atoms with Crippen LogP contribution in [0.5, 0.6) is 0 Å². The molecule has 0 unspecified atom stereocenters. The van der Waals surface area contributed by atoms with Crippen LogP contribution in [0.25, 0.3) is 5.95 Å². The van der Waals surface area contributed by atoms with E-state index < -0.39 is 0 Å². The Morgan fingerprint density at radius 3 is 2.67 bits per heavy atom. The summed E-state index contributed by atoms with van der Waals surface area (Å²) in [5, 5.41) is 7.44. The summed E-state index contributed by atoms with van der Waals surface area (Å²) in [5.74, 6) is 6.69. The topological polar surface area (TPSA) is 107 Å². The summed E-state index contributed by atoms with van der Waals surface area (Å²) in [4.78, 5) is 12.8. The Bertz CT molecular complexity index is 585. The standard InChI is InChI=1S/C13H20N8/c1-2-13(5-3-6-13)9-15-10-17-11(20-14)19-12(18-10)21-8-4-7-16-21/h4,7-8H,2-3,5-6,9,14H2,1H3,(H2,15,17,18,19,20). The second kappa shape index (κ2) is 5.65. The Morgan fingerprint density at radius 2 is 2.10 bits per heavy atom. The van der Waals surface area contributed by atoms with Crippen molar-refractivity contribution < 1.29 is 0 Å². The number of rotatable bonds is 6. The van der Waals surface area contributed by atoms with Gasteiger partial charge in [-0.1, -0.05) is 13.3 Å². The predicted octanol–water partition coefficient (Wildman–Crippen LogP) is 1.34. The van der Waals surface area contributed by atoms with Crippen molar-refractivity contribution in [2.45, 2.75) is 32.6 Å². The molecule has 4 N–H and O–H groups in total. The summed E-state index contributed by atoms with van der Waals surface area (Å²) >= 11 is 0. The molecule has 8 heteroatoms. The molecule has 112 valence electrons. The Kier molecular flexibility index (Phi) is 3.70. The minimum Gasteiger partial charge on any atom is -0.353 e. The minimum absolute atomic E-state index is 0.317. The molecule has 0 amide bonds. The third-order valence-corrected chi connectivity index (χ3v) is 4.25. The van der Waals surface area contributed by atoms with E-state index in [9.17, 15) is 0 Å². The Morgan fingerprint density at radius 1 is 1.29 bits per heavy atom. The molecule has 0 spiro atoms. The molecule has 0 saturated heterocycles. The van der Waals surface area contributed by atoms with Crippen LogP contribution in [-0.4, -0.2) is 31.3 Å². The predicted molar refractivity (Wildman–Crippen MR) is 79.8 cm³/mol. The first kappa shape index (κ1) is 13.7. The maximum Gasteiger partial charge on any atom is 0.257 e. The summed E-state index contributed by atoms with van der Waals surface area (Å²) in [5.41, 5.74) is 2.85. The van der Waals surface area contributed by atoms with E-state index in [1.165, 1.54) is 25.7 Å². The number of anilines is 2. The van der Waals surface area contributed by atoms with Crippen LogP contribution in [0.2, 0.25) is 0 Å². The third kappa shape index (κ3) is 2.80. The fraction of sp³-hybridized carbons (Fsp3) is 0.538. The van der Waals surface area contributed by atoms with Gasteiger partial charge in [0.25, 0.3) is 5.95 Å². The minimum atomic E-state index is 0.317. The van der Waals surface area contributed by atoms with Crippen molar-refractivity contribution in [2.75, 3.05) is 17.3 Å². The fourth-order valence-electron chi connectivity index (χ4n) is 2.60. The highest BCUT2D eigenvalue weighted by molar-refractivity contribution is 5.37. The average Bonchev–Trinajstić information content (AvgIpc) is 3.00. The maximum atomic E-state index is 5.43. The summed E-state index contributed by atoms with van der Waals surface area (Å²) in [7, 11) is 0. The number of nitrogen functional groups attached to an aromatic ring is 1. The van der Waals surface area contributed by atoms with Crippen LogP contribution in [0, 0.1) is 5.41 Å². The molecule has 0 aromatic carbocycles. The van der Waals surface area contributed by atoms with Crippen molar-refractivity contribution in [3.8, 4) is 5.95 Å². The molecule has 21 heavy (non-hydrogen) atoms. The zero-order valence-corrected chi connectivity index (χ0v) is 12.1. The van der Waals surface area contributed by atoms with Crippen molar-refractivity contribution in [1.82, 2.24) is 24.7 Å². The molecule has 2 aromatic heterocycles. The maximum absolute atomic E-state index is 5.43. The van der Waals surface area contributed by atoms with Gasteiger partial charge in [-0.3, -0.25) is 5.43 Å². The number of nitrogens with two attached hydrogens (primary N) is 1. The fourth-order valence-corrected chi connectivity index (χ4v) is 2.60. The number of aromatic nitrogens is 5. The Labute approximate surface area is 123 Å². The van der Waals surface area contributed by atoms with Crippen molar-refractivity contribution in [3.05, 3.63) is 18.5 Å². The Balaban J connectivity index is 1.79. The second-order valence-corrected chi connectivity index (χ2v) is 5.44. The smallest absolute Gasteiger partial charge is 0.257 e. The molecule has 3 rings (SSSR count). The number of hydrogen-bond acceptors (Lipinski definition) is 7. The summed E-state index contributed by atoms with van der Waals surface area (Å²) < 4.78 is 1.58. The van der Waals surface area contributed by atoms with Gasteiger partial charge in [-0.05, 0) is 30.7 Å². The van der Waals surface area contributed by atoms with Gasteiger partial charge in [0.1, 0.15) is 0 Å². The molecular formula is C13H20N8. The van der Waals surface area contributed by atoms with Crippen molar-refractivity contribution >= 4 is 11.9 Å². The molecule has 1 saturated carbocycles. The normalized spacial score (nSPS) is 16.3. The quantitative estimate of drug-likeness (QED) is 0.544. The van der Waals surface area contributed by atoms with Gasteiger partial charge in [0.05, 0.1) is 0 Å². The first-order valence-corrected chi connectivity index (χ1v) is 7.21. The van der Waals surface area contributed by atoms with E-state index in [2.05, 4.69) is 37.7 Å². The lowest BCUT2D eigenvalue weighted by Crippen LogP contribution is -2.36. The van der Waals surface area contributed by atoms with Gasteiger partial charge in [0.2, 0.25) is 11.9 Å². The lowest BCUT2D eigenvalue weighted by atomic mass is 9.67. The highest BCUT2D eigenvalue weighted by Gasteiger charge is 2.34. The van der Waals surface area contributed by atoms with Crippen LogP contribution in [0.15, 0.2) is 18.5 Å². The molecule has 0 atom stereocenters. The van der Waals surface area contributed by atoms with Gasteiger partial charge in [0.15, 0.2) is 0 Å². The molecule has 8 nitrogen and oxygen atoms in total. The summed E-state index contributed by atoms with van der Waals surface area (Å²) in [6.07, 6.45) is 8.44. The largest absolute Gasteiger partial charge is 0.353 e. The monoisotopic (exact) mass is 288 g/mol. The van der Waals surface area contributed by atoms with Gasteiger partial charge in [-0.25, -0.2) is 10.5 Å². The van der Waals surface area contributed by atoms with Gasteiger partial charge in [-0.2, -0.15) is 20.1 Å². The lowest BCUT2D eigenvalue weighted by molar-refractivity contribution is 0.144. The average molecular weight is 288 g/mol. The van der Waals surface area contributed by atoms with Crippen LogP contribution >= 0.6 is 0 Å². The summed E-state index contributed by atoms with van der Waals surface area (Å²) in [6, 6.07) is 1.81. The van der Waals surface area contributed by atoms with Crippen molar-refractivity contribution in [2.24, 2.45) is 11.3 Å². The first-order valence-electron chi connectivity index (χ1n) is 7.21. The molecule has 1 aliphatic carbocycles. The van der Waals surface area contributed by atoms with Crippen LogP contribution < -0.4 is 16.6 Å². The number of hydrogen-bond donors (Lipinski definition) is 3. The first-order chi connectivity index (χ1) is 10.2. The van der Waals surface area contributed by atoms with Gasteiger partial charge in [0, 0.05) is 18.9 Å². The zero-order valence-electron chi connectivity index (χ0n) is 12.1. The Hall–Kier alpha value is -2.22. The highest BCUT2D eigenvalue weighted by atomic mass is 15.4. The molecule has 0 aliphatic heterocycles. The summed E-state index contributed by atoms with van der Waals surface area (Å²) in [6.45, 7) is 3.10. The lowest BCUT2D eigenvalue weighted by Gasteiger charge is -2.41. The van der Waals surface area contributed by atoms with E-state index in [0.717, 1.165) is 6.54 Å². The van der Waals surface area contributed by atoms with Crippen molar-refractivity contribution in [1.29, 1.82) is 0 Å². The van der Waals surface area contributed by atoms with Gasteiger partial charge >= 0.3 is 0 Å². The van der Waals surface area contributed by atoms with Gasteiger partial charge < -0.3 is 5.32 Å². The second-order valence-electron chi connectivity index (χ2n) is 5.44. The van der Waals surface area contributed by atoms with E-state index in [1.54, 1.807) is 17.1 Å².